The predicted octanol–water partition coefficient (Wildman–Crippen LogP) is 2.36. The summed E-state index contributed by atoms with van der Waals surface area (Å²) in [4.78, 5) is 10.5. The highest BCUT2D eigenvalue weighted by Gasteiger charge is 2.07. The Morgan fingerprint density at radius 3 is 2.75 bits per heavy atom. The third-order valence-corrected chi connectivity index (χ3v) is 1.98. The highest BCUT2D eigenvalue weighted by atomic mass is 16.3. The first-order valence-electron chi connectivity index (χ1n) is 4.27. The van der Waals surface area contributed by atoms with E-state index in [1.165, 1.54) is 0 Å². The van der Waals surface area contributed by atoms with E-state index < -0.39 is 0 Å². The molecule has 0 N–H and O–H groups in total. The zero-order valence-electron chi connectivity index (χ0n) is 7.54. The van der Waals surface area contributed by atoms with Gasteiger partial charge in [0.05, 0.1) is 0 Å². The van der Waals surface area contributed by atoms with Crippen molar-refractivity contribution in [2.45, 2.75) is 26.7 Å². The maximum Gasteiger partial charge on any atom is 0.123 e. The Balaban J connectivity index is 2.56. The lowest BCUT2D eigenvalue weighted by molar-refractivity contribution is -0.111. The summed E-state index contributed by atoms with van der Waals surface area (Å²) in [7, 11) is 0. The van der Waals surface area contributed by atoms with Crippen LogP contribution in [0.1, 0.15) is 24.9 Å². The predicted molar refractivity (Wildman–Crippen MR) is 47.0 cm³/mol. The molecular weight excluding hydrogens is 152 g/mol. The maximum absolute atomic E-state index is 10.5. The van der Waals surface area contributed by atoms with E-state index in [4.69, 9.17) is 4.42 Å². The molecule has 0 bridgehead atoms. The van der Waals surface area contributed by atoms with Crippen molar-refractivity contribution in [1.29, 1.82) is 0 Å². The number of hydrogen-bond acceptors (Lipinski definition) is 2. The number of carbonyl (C=O) groups is 1. The summed E-state index contributed by atoms with van der Waals surface area (Å²) in [5.74, 6) is 1.92. The van der Waals surface area contributed by atoms with Gasteiger partial charge in [0, 0.05) is 12.3 Å². The average molecular weight is 166 g/mol. The van der Waals surface area contributed by atoms with Gasteiger partial charge in [0.25, 0.3) is 0 Å². The summed E-state index contributed by atoms with van der Waals surface area (Å²) < 4.78 is 5.36. The van der Waals surface area contributed by atoms with Crippen molar-refractivity contribution in [3.63, 3.8) is 0 Å². The molecule has 2 nitrogen and oxygen atoms in total. The molecule has 0 fully saturated rings. The highest BCUT2D eigenvalue weighted by Crippen LogP contribution is 2.12. The van der Waals surface area contributed by atoms with Crippen LogP contribution in [0, 0.1) is 12.8 Å². The molecule has 2 heteroatoms. The van der Waals surface area contributed by atoms with Gasteiger partial charge in [-0.3, -0.25) is 0 Å². The van der Waals surface area contributed by atoms with E-state index in [9.17, 15) is 4.79 Å². The molecule has 1 rings (SSSR count). The van der Waals surface area contributed by atoms with E-state index in [-0.39, 0.29) is 5.92 Å². The normalized spacial score (nSPS) is 12.8. The van der Waals surface area contributed by atoms with E-state index in [1.54, 1.807) is 0 Å². The first kappa shape index (κ1) is 9.04. The second-order valence-electron chi connectivity index (χ2n) is 3.02. The van der Waals surface area contributed by atoms with E-state index in [0.717, 1.165) is 30.6 Å². The monoisotopic (exact) mass is 166 g/mol. The average Bonchev–Trinajstić information content (AvgIpc) is 2.47. The molecule has 0 saturated heterocycles. The SMILES string of the molecule is CCC(C=O)Cc1ccc(C)o1. The van der Waals surface area contributed by atoms with Gasteiger partial charge >= 0.3 is 0 Å². The van der Waals surface area contributed by atoms with Crippen molar-refractivity contribution >= 4 is 6.29 Å². The van der Waals surface area contributed by atoms with E-state index in [2.05, 4.69) is 0 Å². The van der Waals surface area contributed by atoms with Gasteiger partial charge in [-0.15, -0.1) is 0 Å². The Labute approximate surface area is 72.6 Å². The van der Waals surface area contributed by atoms with Gasteiger partial charge in [0.2, 0.25) is 0 Å². The van der Waals surface area contributed by atoms with E-state index >= 15 is 0 Å². The molecule has 1 aromatic rings. The Kier molecular flexibility index (Phi) is 3.09. The zero-order valence-corrected chi connectivity index (χ0v) is 7.54. The summed E-state index contributed by atoms with van der Waals surface area (Å²) in [5, 5.41) is 0. The molecule has 0 radical (unpaired) electrons. The Morgan fingerprint density at radius 2 is 2.33 bits per heavy atom. The minimum absolute atomic E-state index is 0.107. The second kappa shape index (κ2) is 4.10. The van der Waals surface area contributed by atoms with Crippen molar-refractivity contribution in [3.8, 4) is 0 Å². The number of hydrogen-bond donors (Lipinski definition) is 0. The van der Waals surface area contributed by atoms with Crippen LogP contribution < -0.4 is 0 Å². The highest BCUT2D eigenvalue weighted by molar-refractivity contribution is 5.53. The van der Waals surface area contributed by atoms with Gasteiger partial charge in [-0.25, -0.2) is 0 Å². The van der Waals surface area contributed by atoms with Crippen LogP contribution in [-0.4, -0.2) is 6.29 Å². The standard InChI is InChI=1S/C10H14O2/c1-3-9(7-11)6-10-5-4-8(2)12-10/h4-5,7,9H,3,6H2,1-2H3. The first-order valence-corrected chi connectivity index (χ1v) is 4.27. The lowest BCUT2D eigenvalue weighted by atomic mass is 10.0. The van der Waals surface area contributed by atoms with Crippen LogP contribution in [0.3, 0.4) is 0 Å². The molecule has 0 aromatic carbocycles. The summed E-state index contributed by atoms with van der Waals surface area (Å²) in [6, 6.07) is 3.86. The van der Waals surface area contributed by atoms with E-state index in [0.29, 0.717) is 0 Å². The minimum Gasteiger partial charge on any atom is -0.466 e. The van der Waals surface area contributed by atoms with Crippen molar-refractivity contribution in [1.82, 2.24) is 0 Å². The fourth-order valence-electron chi connectivity index (χ4n) is 1.14. The molecule has 66 valence electrons. The smallest absolute Gasteiger partial charge is 0.123 e. The molecule has 0 saturated carbocycles. The molecule has 1 aromatic heterocycles. The van der Waals surface area contributed by atoms with Crippen molar-refractivity contribution in [3.05, 3.63) is 23.7 Å². The van der Waals surface area contributed by atoms with Gasteiger partial charge in [-0.1, -0.05) is 6.92 Å². The Morgan fingerprint density at radius 1 is 1.58 bits per heavy atom. The lowest BCUT2D eigenvalue weighted by Crippen LogP contribution is -2.03. The number of furan rings is 1. The molecular formula is C10H14O2. The summed E-state index contributed by atoms with van der Waals surface area (Å²) >= 11 is 0. The van der Waals surface area contributed by atoms with Crippen LogP contribution >= 0.6 is 0 Å². The maximum atomic E-state index is 10.5. The third kappa shape index (κ3) is 2.22. The molecule has 1 heterocycles. The summed E-state index contributed by atoms with van der Waals surface area (Å²) in [6.07, 6.45) is 2.61. The quantitative estimate of drug-likeness (QED) is 0.643. The molecule has 0 spiro atoms. The fourth-order valence-corrected chi connectivity index (χ4v) is 1.14. The molecule has 0 aliphatic rings. The Hall–Kier alpha value is -1.05. The van der Waals surface area contributed by atoms with Crippen LogP contribution in [0.5, 0.6) is 0 Å². The van der Waals surface area contributed by atoms with Gasteiger partial charge in [-0.05, 0) is 25.5 Å². The van der Waals surface area contributed by atoms with Crippen LogP contribution in [-0.2, 0) is 11.2 Å². The van der Waals surface area contributed by atoms with Crippen LogP contribution in [0.15, 0.2) is 16.5 Å². The molecule has 1 unspecified atom stereocenters. The minimum atomic E-state index is 0.107. The Bertz CT molecular complexity index is 250. The summed E-state index contributed by atoms with van der Waals surface area (Å²) in [5.41, 5.74) is 0. The number of carbonyl (C=O) groups excluding carboxylic acids is 1. The van der Waals surface area contributed by atoms with Crippen molar-refractivity contribution < 1.29 is 9.21 Å². The molecule has 0 aliphatic heterocycles. The zero-order chi connectivity index (χ0) is 8.97. The van der Waals surface area contributed by atoms with Crippen LogP contribution in [0.4, 0.5) is 0 Å². The van der Waals surface area contributed by atoms with Gasteiger partial charge in [-0.2, -0.15) is 0 Å². The topological polar surface area (TPSA) is 30.2 Å². The van der Waals surface area contributed by atoms with Gasteiger partial charge in [0.1, 0.15) is 17.8 Å². The molecule has 1 atom stereocenters. The van der Waals surface area contributed by atoms with Crippen LogP contribution in [0.25, 0.3) is 0 Å². The molecule has 0 aliphatic carbocycles. The van der Waals surface area contributed by atoms with Gasteiger partial charge < -0.3 is 9.21 Å². The summed E-state index contributed by atoms with van der Waals surface area (Å²) in [6.45, 7) is 3.92. The molecule has 12 heavy (non-hydrogen) atoms. The largest absolute Gasteiger partial charge is 0.466 e. The third-order valence-electron chi connectivity index (χ3n) is 1.98. The van der Waals surface area contributed by atoms with Crippen molar-refractivity contribution in [2.24, 2.45) is 5.92 Å². The number of aryl methyl sites for hydroxylation is 1. The van der Waals surface area contributed by atoms with Gasteiger partial charge in [0.15, 0.2) is 0 Å². The number of aldehydes is 1. The second-order valence-corrected chi connectivity index (χ2v) is 3.02. The molecule has 0 amide bonds. The van der Waals surface area contributed by atoms with Crippen molar-refractivity contribution in [2.75, 3.05) is 0 Å². The fraction of sp³-hybridized carbons (Fsp3) is 0.500. The number of rotatable bonds is 4. The van der Waals surface area contributed by atoms with E-state index in [1.807, 2.05) is 26.0 Å². The van der Waals surface area contributed by atoms with Crippen LogP contribution in [0.2, 0.25) is 0 Å². The first-order chi connectivity index (χ1) is 5.76. The lowest BCUT2D eigenvalue weighted by Gasteiger charge is -2.02.